The standard InChI is InChI=1S/C15H18N2O/c1-11-5-7-12(8-6-11)13-16-14(18)15(17-13)9-3-2-4-10-15/h5-8H,2-4,9-10H2,1H3,(H,16,17,18). The van der Waals surface area contributed by atoms with E-state index in [0.717, 1.165) is 37.1 Å². The summed E-state index contributed by atoms with van der Waals surface area (Å²) in [6.07, 6.45) is 5.24. The maximum absolute atomic E-state index is 12.2. The highest BCUT2D eigenvalue weighted by atomic mass is 16.2. The van der Waals surface area contributed by atoms with Gasteiger partial charge in [-0.25, -0.2) is 0 Å². The van der Waals surface area contributed by atoms with E-state index in [1.54, 1.807) is 0 Å². The molecule has 1 aliphatic carbocycles. The molecule has 0 atom stereocenters. The smallest absolute Gasteiger partial charge is 0.253 e. The molecule has 0 saturated heterocycles. The average Bonchev–Trinajstić information content (AvgIpc) is 2.69. The number of aliphatic imine (C=N–C) groups is 1. The second kappa shape index (κ2) is 4.23. The Labute approximate surface area is 107 Å². The zero-order chi connectivity index (χ0) is 12.6. The number of rotatable bonds is 1. The van der Waals surface area contributed by atoms with Gasteiger partial charge in [-0.15, -0.1) is 0 Å². The summed E-state index contributed by atoms with van der Waals surface area (Å²) in [5.41, 5.74) is 1.77. The summed E-state index contributed by atoms with van der Waals surface area (Å²) in [6, 6.07) is 8.15. The van der Waals surface area contributed by atoms with Crippen molar-refractivity contribution in [2.24, 2.45) is 4.99 Å². The van der Waals surface area contributed by atoms with Crippen molar-refractivity contribution in [1.82, 2.24) is 5.32 Å². The van der Waals surface area contributed by atoms with Crippen LogP contribution in [0.3, 0.4) is 0 Å². The molecule has 1 aromatic rings. The van der Waals surface area contributed by atoms with E-state index in [0.29, 0.717) is 0 Å². The van der Waals surface area contributed by atoms with Crippen LogP contribution in [-0.2, 0) is 4.79 Å². The van der Waals surface area contributed by atoms with Gasteiger partial charge in [0.1, 0.15) is 11.4 Å². The summed E-state index contributed by atoms with van der Waals surface area (Å²) in [4.78, 5) is 16.9. The zero-order valence-electron chi connectivity index (χ0n) is 10.7. The lowest BCUT2D eigenvalue weighted by molar-refractivity contribution is -0.124. The van der Waals surface area contributed by atoms with Crippen LogP contribution in [0.2, 0.25) is 0 Å². The summed E-state index contributed by atoms with van der Waals surface area (Å²) in [7, 11) is 0. The predicted octanol–water partition coefficient (Wildman–Crippen LogP) is 2.57. The molecule has 3 nitrogen and oxygen atoms in total. The van der Waals surface area contributed by atoms with Gasteiger partial charge in [-0.1, -0.05) is 49.1 Å². The Bertz CT molecular complexity index is 496. The van der Waals surface area contributed by atoms with Crippen LogP contribution in [0.15, 0.2) is 29.3 Å². The molecule has 18 heavy (non-hydrogen) atoms. The number of nitrogens with zero attached hydrogens (tertiary/aromatic N) is 1. The molecule has 1 aliphatic heterocycles. The summed E-state index contributed by atoms with van der Waals surface area (Å²) in [5.74, 6) is 0.847. The van der Waals surface area contributed by atoms with Crippen molar-refractivity contribution in [3.05, 3.63) is 35.4 Å². The number of benzene rings is 1. The molecule has 1 amide bonds. The first-order valence-electron chi connectivity index (χ1n) is 6.68. The number of hydrogen-bond acceptors (Lipinski definition) is 2. The molecule has 1 aromatic carbocycles. The molecule has 0 aromatic heterocycles. The normalized spacial score (nSPS) is 21.8. The van der Waals surface area contributed by atoms with Gasteiger partial charge in [0, 0.05) is 5.56 Å². The van der Waals surface area contributed by atoms with E-state index in [1.807, 2.05) is 12.1 Å². The van der Waals surface area contributed by atoms with E-state index < -0.39 is 5.54 Å². The molecule has 1 fully saturated rings. The largest absolute Gasteiger partial charge is 0.308 e. The monoisotopic (exact) mass is 242 g/mol. The summed E-state index contributed by atoms with van der Waals surface area (Å²) < 4.78 is 0. The van der Waals surface area contributed by atoms with Crippen LogP contribution >= 0.6 is 0 Å². The Hall–Kier alpha value is -1.64. The molecule has 1 spiro atoms. The van der Waals surface area contributed by atoms with Crippen LogP contribution < -0.4 is 5.32 Å². The summed E-state index contributed by atoms with van der Waals surface area (Å²) in [6.45, 7) is 2.06. The van der Waals surface area contributed by atoms with E-state index in [1.165, 1.54) is 12.0 Å². The number of carbonyl (C=O) groups excluding carboxylic acids is 1. The number of amides is 1. The minimum absolute atomic E-state index is 0.0952. The Balaban J connectivity index is 1.92. The zero-order valence-corrected chi connectivity index (χ0v) is 10.7. The number of carbonyl (C=O) groups is 1. The molecule has 1 heterocycles. The Morgan fingerprint density at radius 3 is 2.44 bits per heavy atom. The Morgan fingerprint density at radius 2 is 1.78 bits per heavy atom. The molecular formula is C15H18N2O. The van der Waals surface area contributed by atoms with Gasteiger partial charge < -0.3 is 5.32 Å². The number of hydrogen-bond donors (Lipinski definition) is 1. The molecule has 3 heteroatoms. The Morgan fingerprint density at radius 1 is 1.11 bits per heavy atom. The molecule has 3 rings (SSSR count). The van der Waals surface area contributed by atoms with E-state index in [2.05, 4.69) is 24.4 Å². The molecule has 0 bridgehead atoms. The van der Waals surface area contributed by atoms with Crippen LogP contribution in [0.25, 0.3) is 0 Å². The SMILES string of the molecule is Cc1ccc(C2=NC3(CCCCC3)C(=O)N2)cc1. The van der Waals surface area contributed by atoms with Gasteiger partial charge in [-0.2, -0.15) is 0 Å². The predicted molar refractivity (Wildman–Crippen MR) is 71.7 cm³/mol. The first-order chi connectivity index (χ1) is 8.70. The molecular weight excluding hydrogens is 224 g/mol. The maximum Gasteiger partial charge on any atom is 0.253 e. The van der Waals surface area contributed by atoms with Crippen molar-refractivity contribution in [2.45, 2.75) is 44.6 Å². The minimum atomic E-state index is -0.460. The third kappa shape index (κ3) is 1.84. The van der Waals surface area contributed by atoms with Gasteiger partial charge in [0.05, 0.1) is 0 Å². The van der Waals surface area contributed by atoms with E-state index in [4.69, 9.17) is 4.99 Å². The lowest BCUT2D eigenvalue weighted by Gasteiger charge is -2.27. The van der Waals surface area contributed by atoms with Crippen molar-refractivity contribution in [1.29, 1.82) is 0 Å². The van der Waals surface area contributed by atoms with Crippen molar-refractivity contribution in [3.8, 4) is 0 Å². The lowest BCUT2D eigenvalue weighted by atomic mass is 9.82. The van der Waals surface area contributed by atoms with Crippen LogP contribution in [0.4, 0.5) is 0 Å². The topological polar surface area (TPSA) is 41.5 Å². The quantitative estimate of drug-likeness (QED) is 0.808. The number of aryl methyl sites for hydroxylation is 1. The fourth-order valence-electron chi connectivity index (χ4n) is 2.84. The van der Waals surface area contributed by atoms with Crippen molar-refractivity contribution in [3.63, 3.8) is 0 Å². The lowest BCUT2D eigenvalue weighted by Crippen LogP contribution is -2.41. The van der Waals surface area contributed by atoms with Gasteiger partial charge in [0.25, 0.3) is 5.91 Å². The fraction of sp³-hybridized carbons (Fsp3) is 0.467. The van der Waals surface area contributed by atoms with Crippen molar-refractivity contribution >= 4 is 11.7 Å². The third-order valence-electron chi connectivity index (χ3n) is 3.99. The van der Waals surface area contributed by atoms with E-state index >= 15 is 0 Å². The number of amidine groups is 1. The molecule has 94 valence electrons. The summed E-state index contributed by atoms with van der Waals surface area (Å²) >= 11 is 0. The molecule has 0 unspecified atom stereocenters. The molecule has 1 N–H and O–H groups in total. The highest BCUT2D eigenvalue weighted by Gasteiger charge is 2.44. The first-order valence-corrected chi connectivity index (χ1v) is 6.68. The van der Waals surface area contributed by atoms with Crippen LogP contribution in [-0.4, -0.2) is 17.3 Å². The van der Waals surface area contributed by atoms with Crippen molar-refractivity contribution in [2.75, 3.05) is 0 Å². The molecule has 0 radical (unpaired) electrons. The van der Waals surface area contributed by atoms with Crippen LogP contribution in [0.5, 0.6) is 0 Å². The van der Waals surface area contributed by atoms with E-state index in [-0.39, 0.29) is 5.91 Å². The maximum atomic E-state index is 12.2. The number of nitrogens with one attached hydrogen (secondary N) is 1. The van der Waals surface area contributed by atoms with Crippen LogP contribution in [0.1, 0.15) is 43.2 Å². The highest BCUT2D eigenvalue weighted by molar-refractivity contribution is 6.15. The first kappa shape index (κ1) is 11.5. The van der Waals surface area contributed by atoms with Gasteiger partial charge in [0.2, 0.25) is 0 Å². The van der Waals surface area contributed by atoms with Gasteiger partial charge >= 0.3 is 0 Å². The van der Waals surface area contributed by atoms with Crippen LogP contribution in [0, 0.1) is 6.92 Å². The van der Waals surface area contributed by atoms with Gasteiger partial charge in [0.15, 0.2) is 0 Å². The van der Waals surface area contributed by atoms with Crippen molar-refractivity contribution < 1.29 is 4.79 Å². The minimum Gasteiger partial charge on any atom is -0.308 e. The highest BCUT2D eigenvalue weighted by Crippen LogP contribution is 2.35. The molecule has 2 aliphatic rings. The average molecular weight is 242 g/mol. The van der Waals surface area contributed by atoms with Gasteiger partial charge in [-0.05, 0) is 19.8 Å². The fourth-order valence-corrected chi connectivity index (χ4v) is 2.84. The Kier molecular flexibility index (Phi) is 2.69. The summed E-state index contributed by atoms with van der Waals surface area (Å²) in [5, 5.41) is 2.96. The molecule has 1 saturated carbocycles. The third-order valence-corrected chi connectivity index (χ3v) is 3.99. The van der Waals surface area contributed by atoms with Gasteiger partial charge in [-0.3, -0.25) is 9.79 Å². The second-order valence-electron chi connectivity index (χ2n) is 5.37. The second-order valence-corrected chi connectivity index (χ2v) is 5.37. The van der Waals surface area contributed by atoms with E-state index in [9.17, 15) is 4.79 Å².